The minimum atomic E-state index is -0.365. The van der Waals surface area contributed by atoms with E-state index in [1.54, 1.807) is 12.1 Å². The van der Waals surface area contributed by atoms with E-state index in [1.807, 2.05) is 60.7 Å². The molecule has 6 heteroatoms. The number of thiophene rings is 1. The van der Waals surface area contributed by atoms with Crippen molar-refractivity contribution in [1.82, 2.24) is 5.43 Å². The Bertz CT molecular complexity index is 1100. The number of ether oxygens (including phenoxy) is 1. The number of carbonyl (C=O) groups excluding carboxylic acids is 1. The van der Waals surface area contributed by atoms with E-state index in [0.717, 1.165) is 5.69 Å². The van der Waals surface area contributed by atoms with Crippen LogP contribution in [0.3, 0.4) is 0 Å². The van der Waals surface area contributed by atoms with Gasteiger partial charge in [0, 0.05) is 15.6 Å². The number of amides is 1. The fourth-order valence-corrected chi connectivity index (χ4v) is 3.99. The quantitative estimate of drug-likeness (QED) is 0.433. The van der Waals surface area contributed by atoms with Crippen LogP contribution >= 0.6 is 11.3 Å². The second-order valence-corrected chi connectivity index (χ2v) is 7.12. The lowest BCUT2D eigenvalue weighted by Crippen LogP contribution is -2.29. The molecule has 1 aromatic heterocycles. The van der Waals surface area contributed by atoms with Crippen molar-refractivity contribution in [1.29, 1.82) is 0 Å². The lowest BCUT2D eigenvalue weighted by Gasteiger charge is -2.10. The Hall–Kier alpha value is -3.38. The number of anilines is 1. The molecule has 4 aromatic rings. The highest BCUT2D eigenvalue weighted by Gasteiger charge is 2.21. The molecule has 0 aliphatic heterocycles. The molecule has 2 N–H and O–H groups in total. The minimum absolute atomic E-state index is 0.0963. The first-order chi connectivity index (χ1) is 13.7. The number of hydrazine groups is 1. The van der Waals surface area contributed by atoms with Gasteiger partial charge in [-0.2, -0.15) is 0 Å². The fourth-order valence-electron chi connectivity index (χ4n) is 2.87. The maximum Gasteiger partial charge on any atom is 0.280 e. The summed E-state index contributed by atoms with van der Waals surface area (Å²) >= 11 is 1.24. The summed E-state index contributed by atoms with van der Waals surface area (Å²) in [7, 11) is 0. The Morgan fingerprint density at radius 3 is 2.39 bits per heavy atom. The normalized spacial score (nSPS) is 10.6. The number of halogens is 1. The van der Waals surface area contributed by atoms with Gasteiger partial charge in [-0.1, -0.05) is 42.5 Å². The molecule has 0 saturated carbocycles. The van der Waals surface area contributed by atoms with E-state index in [2.05, 4.69) is 10.9 Å². The van der Waals surface area contributed by atoms with E-state index >= 15 is 0 Å². The molecule has 1 amide bonds. The molecule has 0 aliphatic rings. The molecular formula is C22H17FN2O2S. The van der Waals surface area contributed by atoms with Gasteiger partial charge in [0.25, 0.3) is 5.91 Å². The summed E-state index contributed by atoms with van der Waals surface area (Å²) in [6.45, 7) is 0.0963. The molecule has 0 unspecified atom stereocenters. The Labute approximate surface area is 165 Å². The van der Waals surface area contributed by atoms with E-state index in [1.165, 1.54) is 17.4 Å². The molecule has 0 atom stereocenters. The third-order valence-corrected chi connectivity index (χ3v) is 5.39. The van der Waals surface area contributed by atoms with Crippen LogP contribution in [0.5, 0.6) is 5.75 Å². The first kappa shape index (κ1) is 18.0. The molecule has 3 aromatic carbocycles. The third-order valence-electron chi connectivity index (χ3n) is 4.19. The van der Waals surface area contributed by atoms with Gasteiger partial charge in [0.2, 0.25) is 0 Å². The number of carbonyl (C=O) groups is 1. The van der Waals surface area contributed by atoms with Crippen molar-refractivity contribution in [2.75, 3.05) is 5.43 Å². The smallest absolute Gasteiger partial charge is 0.280 e. The number of hydrogen-bond acceptors (Lipinski definition) is 4. The Kier molecular flexibility index (Phi) is 5.21. The van der Waals surface area contributed by atoms with Crippen LogP contribution in [0, 0.1) is 5.82 Å². The maximum absolute atomic E-state index is 14.5. The van der Waals surface area contributed by atoms with Crippen LogP contribution in [0.15, 0.2) is 78.9 Å². The topological polar surface area (TPSA) is 50.4 Å². The third kappa shape index (κ3) is 3.82. The summed E-state index contributed by atoms with van der Waals surface area (Å²) in [5, 5.41) is 0.424. The minimum Gasteiger partial charge on any atom is -0.489 e. The van der Waals surface area contributed by atoms with E-state index in [4.69, 9.17) is 4.74 Å². The van der Waals surface area contributed by atoms with Crippen molar-refractivity contribution >= 4 is 33.0 Å². The van der Waals surface area contributed by atoms with Crippen LogP contribution in [-0.2, 0) is 6.61 Å². The summed E-state index contributed by atoms with van der Waals surface area (Å²) in [5.74, 6) is -0.0430. The SMILES string of the molecule is O=C(NNc1ccccc1)c1sc2cccc(F)c2c1COc1ccccc1. The molecule has 0 saturated heterocycles. The van der Waals surface area contributed by atoms with Crippen molar-refractivity contribution in [2.24, 2.45) is 0 Å². The molecule has 0 bridgehead atoms. The summed E-state index contributed by atoms with van der Waals surface area (Å²) in [5.41, 5.74) is 6.84. The van der Waals surface area contributed by atoms with Gasteiger partial charge in [-0.05, 0) is 36.4 Å². The Morgan fingerprint density at radius 1 is 0.929 bits per heavy atom. The van der Waals surface area contributed by atoms with Gasteiger partial charge in [-0.15, -0.1) is 11.3 Å². The predicted molar refractivity (Wildman–Crippen MR) is 110 cm³/mol. The molecule has 28 heavy (non-hydrogen) atoms. The number of nitrogens with one attached hydrogen (secondary N) is 2. The highest BCUT2D eigenvalue weighted by Crippen LogP contribution is 2.34. The highest BCUT2D eigenvalue weighted by atomic mass is 32.1. The van der Waals surface area contributed by atoms with Crippen LogP contribution in [0.2, 0.25) is 0 Å². The van der Waals surface area contributed by atoms with E-state index in [0.29, 0.717) is 26.3 Å². The van der Waals surface area contributed by atoms with Crippen molar-refractivity contribution in [3.05, 3.63) is 95.1 Å². The molecule has 4 rings (SSSR count). The van der Waals surface area contributed by atoms with Crippen molar-refractivity contribution < 1.29 is 13.9 Å². The Balaban J connectivity index is 1.62. The molecule has 1 heterocycles. The second kappa shape index (κ2) is 8.10. The average Bonchev–Trinajstić information content (AvgIpc) is 3.12. The number of rotatable bonds is 6. The van der Waals surface area contributed by atoms with Crippen LogP contribution in [0.25, 0.3) is 10.1 Å². The first-order valence-corrected chi connectivity index (χ1v) is 9.53. The zero-order valence-electron chi connectivity index (χ0n) is 14.8. The van der Waals surface area contributed by atoms with Crippen molar-refractivity contribution in [2.45, 2.75) is 6.61 Å². The van der Waals surface area contributed by atoms with Gasteiger partial charge in [-0.3, -0.25) is 15.6 Å². The number of para-hydroxylation sites is 2. The van der Waals surface area contributed by atoms with Crippen LogP contribution in [0.4, 0.5) is 10.1 Å². The summed E-state index contributed by atoms with van der Waals surface area (Å²) in [6, 6.07) is 23.4. The van der Waals surface area contributed by atoms with E-state index in [9.17, 15) is 9.18 Å². The summed E-state index contributed by atoms with van der Waals surface area (Å²) in [4.78, 5) is 13.2. The summed E-state index contributed by atoms with van der Waals surface area (Å²) < 4.78 is 21.0. The second-order valence-electron chi connectivity index (χ2n) is 6.07. The van der Waals surface area contributed by atoms with E-state index in [-0.39, 0.29) is 18.3 Å². The number of hydrogen-bond donors (Lipinski definition) is 2. The number of fused-ring (bicyclic) bond motifs is 1. The average molecular weight is 392 g/mol. The first-order valence-electron chi connectivity index (χ1n) is 8.71. The largest absolute Gasteiger partial charge is 0.489 e. The molecule has 140 valence electrons. The predicted octanol–water partition coefficient (Wildman–Crippen LogP) is 5.38. The zero-order valence-corrected chi connectivity index (χ0v) is 15.6. The highest BCUT2D eigenvalue weighted by molar-refractivity contribution is 7.21. The summed E-state index contributed by atoms with van der Waals surface area (Å²) in [6.07, 6.45) is 0. The zero-order chi connectivity index (χ0) is 19.3. The monoisotopic (exact) mass is 392 g/mol. The van der Waals surface area contributed by atoms with E-state index < -0.39 is 0 Å². The van der Waals surface area contributed by atoms with Crippen LogP contribution < -0.4 is 15.6 Å². The van der Waals surface area contributed by atoms with Gasteiger partial charge < -0.3 is 4.74 Å². The van der Waals surface area contributed by atoms with Gasteiger partial charge >= 0.3 is 0 Å². The standard InChI is InChI=1S/C22H17FN2O2S/c23-18-12-7-13-19-20(18)17(14-27-16-10-5-2-6-11-16)21(28-19)22(26)25-24-15-8-3-1-4-9-15/h1-13,24H,14H2,(H,25,26). The van der Waals surface area contributed by atoms with Crippen LogP contribution in [-0.4, -0.2) is 5.91 Å². The molecule has 4 nitrogen and oxygen atoms in total. The fraction of sp³-hybridized carbons (Fsp3) is 0.0455. The van der Waals surface area contributed by atoms with Gasteiger partial charge in [0.15, 0.2) is 0 Å². The molecule has 0 radical (unpaired) electrons. The Morgan fingerprint density at radius 2 is 1.64 bits per heavy atom. The number of benzene rings is 3. The lowest BCUT2D eigenvalue weighted by molar-refractivity contribution is 0.0964. The molecule has 0 aliphatic carbocycles. The molecule has 0 spiro atoms. The van der Waals surface area contributed by atoms with Gasteiger partial charge in [0.1, 0.15) is 23.1 Å². The van der Waals surface area contributed by atoms with Gasteiger partial charge in [0.05, 0.1) is 5.69 Å². The van der Waals surface area contributed by atoms with Crippen LogP contribution in [0.1, 0.15) is 15.2 Å². The van der Waals surface area contributed by atoms with Crippen molar-refractivity contribution in [3.8, 4) is 5.75 Å². The maximum atomic E-state index is 14.5. The molecular weight excluding hydrogens is 375 g/mol. The molecule has 0 fully saturated rings. The lowest BCUT2D eigenvalue weighted by atomic mass is 10.1. The van der Waals surface area contributed by atoms with Crippen molar-refractivity contribution in [3.63, 3.8) is 0 Å². The van der Waals surface area contributed by atoms with Gasteiger partial charge in [-0.25, -0.2) is 4.39 Å².